The molecule has 0 saturated heterocycles. The highest BCUT2D eigenvalue weighted by Crippen LogP contribution is 2.40. The van der Waals surface area contributed by atoms with Crippen molar-refractivity contribution in [1.29, 1.82) is 0 Å². The van der Waals surface area contributed by atoms with Gasteiger partial charge in [0, 0.05) is 16.0 Å². The van der Waals surface area contributed by atoms with Crippen molar-refractivity contribution in [2.75, 3.05) is 12.4 Å². The summed E-state index contributed by atoms with van der Waals surface area (Å²) >= 11 is 1.25. The van der Waals surface area contributed by atoms with Crippen molar-refractivity contribution in [2.45, 2.75) is 6.92 Å². The Balaban J connectivity index is 2.00. The number of thiophene rings is 1. The lowest BCUT2D eigenvalue weighted by Crippen LogP contribution is -2.13. The van der Waals surface area contributed by atoms with Crippen molar-refractivity contribution in [2.24, 2.45) is 0 Å². The number of methoxy groups -OCH3 is 1. The highest BCUT2D eigenvalue weighted by Gasteiger charge is 2.24. The highest BCUT2D eigenvalue weighted by molar-refractivity contribution is 7.17. The minimum atomic E-state index is -1.07. The van der Waals surface area contributed by atoms with Gasteiger partial charge in [0.2, 0.25) is 0 Å². The van der Waals surface area contributed by atoms with Gasteiger partial charge >= 0.3 is 5.97 Å². The topological polar surface area (TPSA) is 75.6 Å². The number of hydrogen-bond donors (Lipinski definition) is 2. The van der Waals surface area contributed by atoms with E-state index in [2.05, 4.69) is 5.32 Å². The van der Waals surface area contributed by atoms with Crippen LogP contribution in [0.2, 0.25) is 0 Å². The van der Waals surface area contributed by atoms with Crippen LogP contribution in [0.1, 0.15) is 25.6 Å². The van der Waals surface area contributed by atoms with Crippen LogP contribution in [0, 0.1) is 6.92 Å². The number of carboxylic acid groups (broad SMARTS) is 1. The van der Waals surface area contributed by atoms with E-state index in [1.165, 1.54) is 18.4 Å². The SMILES string of the molecule is COc1cccc(C(=O)Nc2sc(C)c(-c3ccccc3)c2C(=O)O)c1. The summed E-state index contributed by atoms with van der Waals surface area (Å²) in [5.74, 6) is -0.898. The molecule has 6 heteroatoms. The molecule has 0 aliphatic heterocycles. The van der Waals surface area contributed by atoms with E-state index in [9.17, 15) is 14.7 Å². The predicted octanol–water partition coefficient (Wildman–Crippen LogP) is 4.68. The largest absolute Gasteiger partial charge is 0.497 e. The Labute approximate surface area is 154 Å². The lowest BCUT2D eigenvalue weighted by molar-refractivity contribution is 0.0699. The van der Waals surface area contributed by atoms with Crippen molar-refractivity contribution in [3.05, 3.63) is 70.6 Å². The van der Waals surface area contributed by atoms with Gasteiger partial charge in [0.25, 0.3) is 5.91 Å². The van der Waals surface area contributed by atoms with Crippen LogP contribution in [0.3, 0.4) is 0 Å². The van der Waals surface area contributed by atoms with Gasteiger partial charge in [-0.2, -0.15) is 0 Å². The average molecular weight is 367 g/mol. The molecule has 0 saturated carbocycles. The fraction of sp³-hybridized carbons (Fsp3) is 0.100. The van der Waals surface area contributed by atoms with Crippen LogP contribution in [0.25, 0.3) is 11.1 Å². The molecule has 0 atom stereocenters. The molecule has 1 aromatic heterocycles. The molecule has 5 nitrogen and oxygen atoms in total. The van der Waals surface area contributed by atoms with Crippen molar-refractivity contribution < 1.29 is 19.4 Å². The van der Waals surface area contributed by atoms with E-state index in [0.29, 0.717) is 21.9 Å². The van der Waals surface area contributed by atoms with Crippen LogP contribution in [-0.4, -0.2) is 24.1 Å². The lowest BCUT2D eigenvalue weighted by Gasteiger charge is -2.07. The monoisotopic (exact) mass is 367 g/mol. The molecule has 0 bridgehead atoms. The van der Waals surface area contributed by atoms with Crippen molar-refractivity contribution in [3.8, 4) is 16.9 Å². The zero-order chi connectivity index (χ0) is 18.7. The zero-order valence-electron chi connectivity index (χ0n) is 14.3. The molecule has 0 radical (unpaired) electrons. The standard InChI is InChI=1S/C20H17NO4S/c1-12-16(13-7-4-3-5-8-13)17(20(23)24)19(26-12)21-18(22)14-9-6-10-15(11-14)25-2/h3-11H,1-2H3,(H,21,22)(H,23,24). The van der Waals surface area contributed by atoms with Gasteiger partial charge in [-0.25, -0.2) is 4.79 Å². The highest BCUT2D eigenvalue weighted by atomic mass is 32.1. The van der Waals surface area contributed by atoms with Gasteiger partial charge in [-0.1, -0.05) is 36.4 Å². The molecule has 26 heavy (non-hydrogen) atoms. The number of aryl methyl sites for hydroxylation is 1. The molecule has 1 heterocycles. The van der Waals surface area contributed by atoms with Gasteiger partial charge in [0.15, 0.2) is 0 Å². The number of aromatic carboxylic acids is 1. The van der Waals surface area contributed by atoms with Crippen molar-refractivity contribution >= 4 is 28.2 Å². The fourth-order valence-electron chi connectivity index (χ4n) is 2.73. The Morgan fingerprint density at radius 1 is 1.08 bits per heavy atom. The van der Waals surface area contributed by atoms with Crippen LogP contribution in [0.4, 0.5) is 5.00 Å². The summed E-state index contributed by atoms with van der Waals surface area (Å²) in [7, 11) is 1.52. The van der Waals surface area contributed by atoms with Crippen LogP contribution in [-0.2, 0) is 0 Å². The summed E-state index contributed by atoms with van der Waals surface area (Å²) in [6.07, 6.45) is 0. The van der Waals surface area contributed by atoms with Gasteiger partial charge in [-0.05, 0) is 30.7 Å². The van der Waals surface area contributed by atoms with E-state index in [1.807, 2.05) is 37.3 Å². The molecule has 2 N–H and O–H groups in total. The van der Waals surface area contributed by atoms with Crippen LogP contribution >= 0.6 is 11.3 Å². The third-order valence-corrected chi connectivity index (χ3v) is 4.94. The third-order valence-electron chi connectivity index (χ3n) is 3.92. The Morgan fingerprint density at radius 2 is 1.81 bits per heavy atom. The molecule has 3 aromatic rings. The van der Waals surface area contributed by atoms with Gasteiger partial charge in [0.1, 0.15) is 16.3 Å². The van der Waals surface area contributed by atoms with Gasteiger partial charge in [-0.3, -0.25) is 4.79 Å². The maximum atomic E-state index is 12.6. The number of hydrogen-bond acceptors (Lipinski definition) is 4. The number of anilines is 1. The molecule has 0 spiro atoms. The lowest BCUT2D eigenvalue weighted by atomic mass is 10.0. The molecule has 0 aliphatic carbocycles. The second kappa shape index (κ2) is 7.41. The summed E-state index contributed by atoms with van der Waals surface area (Å²) in [5, 5.41) is 12.8. The quantitative estimate of drug-likeness (QED) is 0.686. The second-order valence-corrected chi connectivity index (χ2v) is 6.82. The summed E-state index contributed by atoms with van der Waals surface area (Å²) < 4.78 is 5.13. The number of rotatable bonds is 5. The Kier molecular flexibility index (Phi) is 5.04. The minimum Gasteiger partial charge on any atom is -0.497 e. The number of nitrogens with one attached hydrogen (secondary N) is 1. The van der Waals surface area contributed by atoms with Crippen LogP contribution in [0.15, 0.2) is 54.6 Å². The van der Waals surface area contributed by atoms with Gasteiger partial charge < -0.3 is 15.2 Å². The maximum absolute atomic E-state index is 12.6. The number of amides is 1. The van der Waals surface area contributed by atoms with E-state index >= 15 is 0 Å². The average Bonchev–Trinajstić information content (AvgIpc) is 2.98. The third kappa shape index (κ3) is 3.45. The second-order valence-electron chi connectivity index (χ2n) is 5.59. The molecular weight excluding hydrogens is 350 g/mol. The van der Waals surface area contributed by atoms with Crippen LogP contribution in [0.5, 0.6) is 5.75 Å². The summed E-state index contributed by atoms with van der Waals surface area (Å²) in [4.78, 5) is 25.3. The molecule has 1 amide bonds. The molecule has 0 unspecified atom stereocenters. The summed E-state index contributed by atoms with van der Waals surface area (Å²) in [5.41, 5.74) is 1.94. The van der Waals surface area contributed by atoms with Gasteiger partial charge in [-0.15, -0.1) is 11.3 Å². The summed E-state index contributed by atoms with van der Waals surface area (Å²) in [6.45, 7) is 1.85. The van der Waals surface area contributed by atoms with Crippen molar-refractivity contribution in [3.63, 3.8) is 0 Å². The number of carboxylic acids is 1. The first-order valence-electron chi connectivity index (χ1n) is 7.88. The molecular formula is C20H17NO4S. The molecule has 0 aliphatic rings. The number of benzene rings is 2. The van der Waals surface area contributed by atoms with Gasteiger partial charge in [0.05, 0.1) is 7.11 Å². The Hall–Kier alpha value is -3.12. The number of carbonyl (C=O) groups is 2. The Bertz CT molecular complexity index is 963. The first-order valence-corrected chi connectivity index (χ1v) is 8.70. The zero-order valence-corrected chi connectivity index (χ0v) is 15.1. The van der Waals surface area contributed by atoms with E-state index in [0.717, 1.165) is 10.4 Å². The fourth-order valence-corrected chi connectivity index (χ4v) is 3.79. The van der Waals surface area contributed by atoms with E-state index in [1.54, 1.807) is 24.3 Å². The molecule has 0 fully saturated rings. The normalized spacial score (nSPS) is 10.4. The first kappa shape index (κ1) is 17.7. The molecule has 3 rings (SSSR count). The Morgan fingerprint density at radius 3 is 2.46 bits per heavy atom. The van der Waals surface area contributed by atoms with E-state index < -0.39 is 5.97 Å². The molecule has 2 aromatic carbocycles. The molecule has 132 valence electrons. The predicted molar refractivity (Wildman–Crippen MR) is 102 cm³/mol. The number of ether oxygens (including phenoxy) is 1. The van der Waals surface area contributed by atoms with E-state index in [-0.39, 0.29) is 11.5 Å². The number of carbonyl (C=O) groups excluding carboxylic acids is 1. The first-order chi connectivity index (χ1) is 12.5. The maximum Gasteiger partial charge on any atom is 0.339 e. The van der Waals surface area contributed by atoms with E-state index in [4.69, 9.17) is 4.74 Å². The summed E-state index contributed by atoms with van der Waals surface area (Å²) in [6, 6.07) is 16.0. The minimum absolute atomic E-state index is 0.106. The van der Waals surface area contributed by atoms with Crippen molar-refractivity contribution in [1.82, 2.24) is 0 Å². The smallest absolute Gasteiger partial charge is 0.339 e. The van der Waals surface area contributed by atoms with Crippen LogP contribution < -0.4 is 10.1 Å².